The first-order valence-corrected chi connectivity index (χ1v) is 14.5. The van der Waals surface area contributed by atoms with Crippen molar-refractivity contribution in [2.75, 3.05) is 6.61 Å². The average Bonchev–Trinajstić information content (AvgIpc) is 3.08. The van der Waals surface area contributed by atoms with E-state index in [0.717, 1.165) is 22.3 Å². The maximum Gasteiger partial charge on any atom is 0.231 e. The summed E-state index contributed by atoms with van der Waals surface area (Å²) in [6.45, 7) is 0.921. The van der Waals surface area contributed by atoms with Gasteiger partial charge in [-0.3, -0.25) is 4.79 Å². The summed E-state index contributed by atoms with van der Waals surface area (Å²) in [5.74, 6) is 0. The van der Waals surface area contributed by atoms with E-state index in [1.54, 1.807) is 0 Å². The first-order valence-electron chi connectivity index (χ1n) is 14.5. The summed E-state index contributed by atoms with van der Waals surface area (Å²) >= 11 is 0. The van der Waals surface area contributed by atoms with Gasteiger partial charge in [-0.2, -0.15) is 0 Å². The minimum absolute atomic E-state index is 0.0431. The molecule has 1 aliphatic rings. The van der Waals surface area contributed by atoms with Crippen LogP contribution in [-0.4, -0.2) is 43.0 Å². The van der Waals surface area contributed by atoms with E-state index in [0.29, 0.717) is 12.9 Å². The summed E-state index contributed by atoms with van der Waals surface area (Å²) in [5, 5.41) is 3.88. The largest absolute Gasteiger partial charge is 0.374 e. The third-order valence-electron chi connectivity index (χ3n) is 7.34. The van der Waals surface area contributed by atoms with Crippen molar-refractivity contribution in [1.29, 1.82) is 0 Å². The molecule has 0 aliphatic carbocycles. The lowest BCUT2D eigenvalue weighted by molar-refractivity contribution is -0.294. The fourth-order valence-electron chi connectivity index (χ4n) is 5.15. The summed E-state index contributed by atoms with van der Waals surface area (Å²) in [6, 6.07) is 38.6. The molecule has 0 saturated carbocycles. The Labute approximate surface area is 256 Å². The second-order valence-electron chi connectivity index (χ2n) is 10.5. The van der Waals surface area contributed by atoms with E-state index in [1.165, 1.54) is 0 Å². The molecule has 226 valence electrons. The zero-order valence-corrected chi connectivity index (χ0v) is 24.3. The number of aldehydes is 1. The van der Waals surface area contributed by atoms with Crippen molar-refractivity contribution in [1.82, 2.24) is 0 Å². The van der Waals surface area contributed by atoms with Gasteiger partial charge in [0.05, 0.1) is 33.0 Å². The molecule has 9 heteroatoms. The van der Waals surface area contributed by atoms with Gasteiger partial charge in [0.2, 0.25) is 5.72 Å². The lowest BCUT2D eigenvalue weighted by atomic mass is 9.90. The number of rotatable bonds is 15. The van der Waals surface area contributed by atoms with Gasteiger partial charge in [-0.25, -0.2) is 0 Å². The quantitative estimate of drug-likeness (QED) is 0.0668. The molecular formula is C35H35N3O6. The summed E-state index contributed by atoms with van der Waals surface area (Å²) < 4.78 is 31.9. The molecule has 1 heterocycles. The van der Waals surface area contributed by atoms with Crippen LogP contribution < -0.4 is 0 Å². The van der Waals surface area contributed by atoms with Gasteiger partial charge in [0, 0.05) is 4.91 Å². The van der Waals surface area contributed by atoms with Gasteiger partial charge >= 0.3 is 0 Å². The van der Waals surface area contributed by atoms with Gasteiger partial charge in [-0.15, -0.1) is 0 Å². The first kappa shape index (κ1) is 31.1. The summed E-state index contributed by atoms with van der Waals surface area (Å²) in [5.41, 5.74) is 11.3. The van der Waals surface area contributed by atoms with Crippen molar-refractivity contribution in [2.24, 2.45) is 5.11 Å². The van der Waals surface area contributed by atoms with Crippen molar-refractivity contribution < 1.29 is 28.5 Å². The van der Waals surface area contributed by atoms with Crippen LogP contribution in [-0.2, 0) is 54.9 Å². The van der Waals surface area contributed by atoms with Gasteiger partial charge in [-0.1, -0.05) is 121 Å². The fraction of sp³-hybridized carbons (Fsp3) is 0.286. The molecule has 5 rings (SSSR count). The normalized spacial score (nSPS) is 23.0. The zero-order chi connectivity index (χ0) is 30.5. The maximum atomic E-state index is 12.8. The van der Waals surface area contributed by atoms with Crippen LogP contribution in [0.2, 0.25) is 0 Å². The van der Waals surface area contributed by atoms with E-state index in [-0.39, 0.29) is 26.4 Å². The Bertz CT molecular complexity index is 1470. The summed E-state index contributed by atoms with van der Waals surface area (Å²) in [7, 11) is 0. The van der Waals surface area contributed by atoms with Gasteiger partial charge in [0.15, 0.2) is 6.29 Å². The molecule has 4 aromatic carbocycles. The molecule has 4 aromatic rings. The molecular weight excluding hydrogens is 558 g/mol. The van der Waals surface area contributed by atoms with Crippen molar-refractivity contribution in [3.63, 3.8) is 0 Å². The molecule has 0 N–H and O–H groups in total. The topological polar surface area (TPSA) is 112 Å². The van der Waals surface area contributed by atoms with Gasteiger partial charge in [0.25, 0.3) is 0 Å². The summed E-state index contributed by atoms with van der Waals surface area (Å²) in [6.07, 6.45) is -3.12. The minimum atomic E-state index is -2.03. The highest BCUT2D eigenvalue weighted by Crippen LogP contribution is 2.37. The Morgan fingerprint density at radius 1 is 0.659 bits per heavy atom. The van der Waals surface area contributed by atoms with E-state index in [4.69, 9.17) is 23.7 Å². The van der Waals surface area contributed by atoms with Crippen molar-refractivity contribution >= 4 is 6.29 Å². The van der Waals surface area contributed by atoms with Crippen molar-refractivity contribution in [2.45, 2.75) is 56.6 Å². The van der Waals surface area contributed by atoms with Crippen LogP contribution in [0.15, 0.2) is 126 Å². The van der Waals surface area contributed by atoms with E-state index < -0.39 is 30.1 Å². The molecule has 44 heavy (non-hydrogen) atoms. The number of ether oxygens (including phenoxy) is 5. The van der Waals surface area contributed by atoms with E-state index >= 15 is 0 Å². The Kier molecular flexibility index (Phi) is 11.3. The Morgan fingerprint density at radius 2 is 1.09 bits per heavy atom. The number of hydrogen-bond donors (Lipinski definition) is 0. The van der Waals surface area contributed by atoms with Crippen LogP contribution in [0.25, 0.3) is 10.4 Å². The minimum Gasteiger partial charge on any atom is -0.374 e. The predicted octanol–water partition coefficient (Wildman–Crippen LogP) is 6.56. The number of nitrogens with zero attached hydrogens (tertiary/aromatic N) is 3. The highest BCUT2D eigenvalue weighted by Gasteiger charge is 2.57. The number of benzene rings is 4. The molecule has 0 radical (unpaired) electrons. The fourth-order valence-corrected chi connectivity index (χ4v) is 5.15. The SMILES string of the molecule is [N-]=[N+]=N[C@@]1(C=O)O[C@H](COCc2ccccc2)[C@H](OCc2ccccc2)[C@H](OCc2ccccc2)[C@H]1OCc1ccccc1. The molecule has 9 nitrogen and oxygen atoms in total. The highest BCUT2D eigenvalue weighted by molar-refractivity contribution is 5.64. The molecule has 0 aromatic heterocycles. The maximum absolute atomic E-state index is 12.8. The zero-order valence-electron chi connectivity index (χ0n) is 24.3. The first-order chi connectivity index (χ1) is 21.7. The highest BCUT2D eigenvalue weighted by atomic mass is 16.6. The molecule has 1 fully saturated rings. The number of carbonyl (C=O) groups excluding carboxylic acids is 1. The lowest BCUT2D eigenvalue weighted by Crippen LogP contribution is -2.67. The number of hydrogen-bond acceptors (Lipinski definition) is 7. The van der Waals surface area contributed by atoms with Gasteiger partial charge in [0.1, 0.15) is 24.4 Å². The molecule has 1 aliphatic heterocycles. The van der Waals surface area contributed by atoms with E-state index in [1.807, 2.05) is 121 Å². The summed E-state index contributed by atoms with van der Waals surface area (Å²) in [4.78, 5) is 15.8. The Balaban J connectivity index is 1.48. The third-order valence-corrected chi connectivity index (χ3v) is 7.34. The van der Waals surface area contributed by atoms with E-state index in [9.17, 15) is 10.3 Å². The van der Waals surface area contributed by atoms with Crippen molar-refractivity contribution in [3.8, 4) is 0 Å². The van der Waals surface area contributed by atoms with Crippen LogP contribution in [0.1, 0.15) is 22.3 Å². The van der Waals surface area contributed by atoms with Crippen LogP contribution in [0.5, 0.6) is 0 Å². The number of carbonyl (C=O) groups is 1. The van der Waals surface area contributed by atoms with E-state index in [2.05, 4.69) is 10.0 Å². The third kappa shape index (κ3) is 8.18. The monoisotopic (exact) mass is 593 g/mol. The lowest BCUT2D eigenvalue weighted by Gasteiger charge is -2.48. The second kappa shape index (κ2) is 15.9. The number of azide groups is 1. The molecule has 1 saturated heterocycles. The molecule has 0 spiro atoms. The predicted molar refractivity (Wildman–Crippen MR) is 164 cm³/mol. The molecule has 0 unspecified atom stereocenters. The van der Waals surface area contributed by atoms with Gasteiger partial charge < -0.3 is 23.7 Å². The molecule has 5 atom stereocenters. The smallest absolute Gasteiger partial charge is 0.231 e. The second-order valence-corrected chi connectivity index (χ2v) is 10.5. The van der Waals surface area contributed by atoms with Crippen LogP contribution in [0.3, 0.4) is 0 Å². The molecule has 0 amide bonds. The van der Waals surface area contributed by atoms with Crippen LogP contribution >= 0.6 is 0 Å². The van der Waals surface area contributed by atoms with Crippen LogP contribution in [0, 0.1) is 0 Å². The van der Waals surface area contributed by atoms with Crippen molar-refractivity contribution in [3.05, 3.63) is 154 Å². The Morgan fingerprint density at radius 3 is 1.55 bits per heavy atom. The standard InChI is InChI=1S/C35H35N3O6/c36-38-37-35(26-39)34(43-24-30-19-11-4-12-20-30)33(42-23-29-17-9-3-10-18-29)32(41-22-28-15-7-2-8-16-28)31(44-35)25-40-21-27-13-5-1-6-14-27/h1-20,26,31-34H,21-25H2/t31-,32+,33+,34-,35+/m1/s1. The Hall–Kier alpha value is -4.34. The average molecular weight is 594 g/mol. The molecule has 0 bridgehead atoms. The van der Waals surface area contributed by atoms with Gasteiger partial charge in [-0.05, 0) is 32.9 Å². The van der Waals surface area contributed by atoms with Crippen LogP contribution in [0.4, 0.5) is 0 Å².